The van der Waals surface area contributed by atoms with E-state index in [1.165, 1.54) is 10.9 Å². The normalized spacial score (nSPS) is 14.8. The molecule has 0 unspecified atom stereocenters. The lowest BCUT2D eigenvalue weighted by atomic mass is 9.89. The molecule has 1 N–H and O–H groups in total. The number of hydrogen-bond acceptors (Lipinski definition) is 3. The highest BCUT2D eigenvalue weighted by Crippen LogP contribution is 2.35. The van der Waals surface area contributed by atoms with Crippen molar-refractivity contribution in [3.8, 4) is 11.6 Å². The van der Waals surface area contributed by atoms with E-state index in [0.29, 0.717) is 5.92 Å². The number of likely N-dealkylation sites (tertiary alicyclic amines) is 1. The lowest BCUT2D eigenvalue weighted by molar-refractivity contribution is 0.0712. The molecule has 4 aromatic rings. The van der Waals surface area contributed by atoms with Crippen LogP contribution in [0, 0.1) is 13.8 Å². The fourth-order valence-corrected chi connectivity index (χ4v) is 4.97. The van der Waals surface area contributed by atoms with Crippen molar-refractivity contribution in [2.24, 2.45) is 0 Å². The minimum atomic E-state index is 0.110. The molecule has 1 aliphatic rings. The van der Waals surface area contributed by atoms with Crippen molar-refractivity contribution >= 4 is 16.8 Å². The van der Waals surface area contributed by atoms with Crippen LogP contribution in [0.15, 0.2) is 54.9 Å². The van der Waals surface area contributed by atoms with E-state index in [1.54, 1.807) is 13.3 Å². The van der Waals surface area contributed by atoms with Gasteiger partial charge in [0.15, 0.2) is 0 Å². The number of methoxy groups -OCH3 is 1. The van der Waals surface area contributed by atoms with Gasteiger partial charge in [-0.3, -0.25) is 4.79 Å². The molecule has 5 rings (SSSR count). The van der Waals surface area contributed by atoms with Crippen LogP contribution in [0.2, 0.25) is 0 Å². The molecule has 6 nitrogen and oxygen atoms in total. The van der Waals surface area contributed by atoms with Crippen molar-refractivity contribution in [1.82, 2.24) is 19.4 Å². The molecule has 0 spiro atoms. The van der Waals surface area contributed by atoms with E-state index < -0.39 is 0 Å². The third-order valence-corrected chi connectivity index (χ3v) is 6.68. The molecule has 0 saturated carbocycles. The van der Waals surface area contributed by atoms with E-state index in [-0.39, 0.29) is 5.91 Å². The zero-order valence-corrected chi connectivity index (χ0v) is 18.8. The van der Waals surface area contributed by atoms with Gasteiger partial charge in [-0.05, 0) is 74.6 Å². The molecule has 1 aromatic carbocycles. The zero-order valence-electron chi connectivity index (χ0n) is 18.8. The predicted octanol–water partition coefficient (Wildman–Crippen LogP) is 5.00. The van der Waals surface area contributed by atoms with E-state index in [2.05, 4.69) is 32.9 Å². The van der Waals surface area contributed by atoms with Gasteiger partial charge in [0.05, 0.1) is 12.7 Å². The van der Waals surface area contributed by atoms with Crippen LogP contribution in [0.4, 0.5) is 0 Å². The van der Waals surface area contributed by atoms with Crippen molar-refractivity contribution in [3.05, 3.63) is 77.4 Å². The second-order valence-corrected chi connectivity index (χ2v) is 8.53. The monoisotopic (exact) mass is 428 g/mol. The number of aryl methyl sites for hydroxylation is 1. The maximum atomic E-state index is 13.4. The Bertz CT molecular complexity index is 1260. The quantitative estimate of drug-likeness (QED) is 0.498. The second-order valence-electron chi connectivity index (χ2n) is 8.53. The van der Waals surface area contributed by atoms with Crippen LogP contribution in [0.25, 0.3) is 16.7 Å². The van der Waals surface area contributed by atoms with Gasteiger partial charge in [0, 0.05) is 47.8 Å². The van der Waals surface area contributed by atoms with Gasteiger partial charge in [0.25, 0.3) is 5.91 Å². The zero-order chi connectivity index (χ0) is 22.2. The summed E-state index contributed by atoms with van der Waals surface area (Å²) >= 11 is 0. The third kappa shape index (κ3) is 3.45. The Balaban J connectivity index is 1.34. The van der Waals surface area contributed by atoms with Gasteiger partial charge in [-0.2, -0.15) is 0 Å². The molecule has 1 aliphatic heterocycles. The summed E-state index contributed by atoms with van der Waals surface area (Å²) in [5, 5.41) is 1.22. The Labute approximate surface area is 187 Å². The van der Waals surface area contributed by atoms with E-state index in [0.717, 1.165) is 60.0 Å². The number of rotatable bonds is 4. The molecule has 32 heavy (non-hydrogen) atoms. The number of hydrogen-bond donors (Lipinski definition) is 1. The fourth-order valence-electron chi connectivity index (χ4n) is 4.97. The van der Waals surface area contributed by atoms with Gasteiger partial charge >= 0.3 is 0 Å². The first-order chi connectivity index (χ1) is 15.6. The first-order valence-corrected chi connectivity index (χ1v) is 11.1. The molecule has 164 valence electrons. The summed E-state index contributed by atoms with van der Waals surface area (Å²) in [6, 6.07) is 14.0. The molecule has 1 amide bonds. The number of nitrogens with zero attached hydrogens (tertiary/aromatic N) is 3. The Hall–Kier alpha value is -3.54. The highest BCUT2D eigenvalue weighted by Gasteiger charge is 2.28. The van der Waals surface area contributed by atoms with E-state index in [9.17, 15) is 4.79 Å². The molecule has 0 radical (unpaired) electrons. The number of piperidine rings is 1. The van der Waals surface area contributed by atoms with E-state index in [4.69, 9.17) is 4.74 Å². The Kier molecular flexibility index (Phi) is 5.21. The lowest BCUT2D eigenvalue weighted by Gasteiger charge is -2.32. The number of benzene rings is 1. The van der Waals surface area contributed by atoms with Crippen molar-refractivity contribution in [3.63, 3.8) is 0 Å². The first-order valence-electron chi connectivity index (χ1n) is 11.1. The number of aromatic nitrogens is 3. The van der Waals surface area contributed by atoms with E-state index in [1.807, 2.05) is 49.1 Å². The molecular weight excluding hydrogens is 400 g/mol. The minimum absolute atomic E-state index is 0.110. The maximum Gasteiger partial charge on any atom is 0.255 e. The smallest absolute Gasteiger partial charge is 0.255 e. The van der Waals surface area contributed by atoms with Crippen LogP contribution in [0.3, 0.4) is 0 Å². The molecule has 0 atom stereocenters. The van der Waals surface area contributed by atoms with Crippen molar-refractivity contribution in [2.45, 2.75) is 32.6 Å². The predicted molar refractivity (Wildman–Crippen MR) is 126 cm³/mol. The maximum absolute atomic E-state index is 13.4. The largest absolute Gasteiger partial charge is 0.497 e. The fraction of sp³-hybridized carbons (Fsp3) is 0.308. The van der Waals surface area contributed by atoms with Gasteiger partial charge in [-0.15, -0.1) is 0 Å². The summed E-state index contributed by atoms with van der Waals surface area (Å²) in [5.41, 5.74) is 5.17. The van der Waals surface area contributed by atoms with Crippen LogP contribution in [-0.4, -0.2) is 45.5 Å². The van der Waals surface area contributed by atoms with Gasteiger partial charge in [-0.25, -0.2) is 4.98 Å². The van der Waals surface area contributed by atoms with E-state index >= 15 is 0 Å². The first kappa shape index (κ1) is 20.4. The minimum Gasteiger partial charge on any atom is -0.497 e. The van der Waals surface area contributed by atoms with Crippen molar-refractivity contribution in [1.29, 1.82) is 0 Å². The summed E-state index contributed by atoms with van der Waals surface area (Å²) in [7, 11) is 1.70. The second kappa shape index (κ2) is 8.19. The van der Waals surface area contributed by atoms with Crippen LogP contribution >= 0.6 is 0 Å². The highest BCUT2D eigenvalue weighted by atomic mass is 16.5. The number of nitrogens with one attached hydrogen (secondary N) is 1. The molecule has 1 saturated heterocycles. The number of amides is 1. The summed E-state index contributed by atoms with van der Waals surface area (Å²) in [5.74, 6) is 2.25. The highest BCUT2D eigenvalue weighted by molar-refractivity contribution is 5.96. The summed E-state index contributed by atoms with van der Waals surface area (Å²) in [4.78, 5) is 23.2. The number of fused-ring (bicyclic) bond motifs is 1. The average Bonchev–Trinajstić information content (AvgIpc) is 3.39. The standard InChI is InChI=1S/C26H28N4O2/c1-17-14-21(18(2)30(17)25-6-4-5-11-27-25)26(31)29-12-9-19(10-13-29)23-16-28-24-8-7-20(32-3)15-22(23)24/h4-8,11,14-16,19,28H,9-10,12-13H2,1-3H3. The van der Waals surface area contributed by atoms with Crippen LogP contribution in [-0.2, 0) is 0 Å². The number of ether oxygens (including phenoxy) is 1. The Morgan fingerprint density at radius 3 is 2.66 bits per heavy atom. The molecule has 6 heteroatoms. The van der Waals surface area contributed by atoms with Gasteiger partial charge in [0.2, 0.25) is 0 Å². The Morgan fingerprint density at radius 2 is 1.94 bits per heavy atom. The van der Waals surface area contributed by atoms with Crippen molar-refractivity contribution in [2.75, 3.05) is 20.2 Å². The number of pyridine rings is 1. The topological polar surface area (TPSA) is 63.1 Å². The van der Waals surface area contributed by atoms with Gasteiger partial charge < -0.3 is 19.2 Å². The van der Waals surface area contributed by atoms with Crippen LogP contribution in [0.1, 0.15) is 46.1 Å². The molecule has 0 aliphatic carbocycles. The average molecular weight is 429 g/mol. The summed E-state index contributed by atoms with van der Waals surface area (Å²) in [6.07, 6.45) is 5.80. The molecule has 4 heterocycles. The lowest BCUT2D eigenvalue weighted by Crippen LogP contribution is -2.38. The number of carbonyl (C=O) groups is 1. The third-order valence-electron chi connectivity index (χ3n) is 6.68. The molecule has 3 aromatic heterocycles. The number of carbonyl (C=O) groups excluding carboxylic acids is 1. The molecular formula is C26H28N4O2. The van der Waals surface area contributed by atoms with Gasteiger partial charge in [-0.1, -0.05) is 6.07 Å². The molecule has 1 fully saturated rings. The number of aromatic amines is 1. The van der Waals surface area contributed by atoms with Crippen molar-refractivity contribution < 1.29 is 9.53 Å². The number of H-pyrrole nitrogens is 1. The SMILES string of the molecule is COc1ccc2[nH]cc(C3CCN(C(=O)c4cc(C)n(-c5ccccn5)c4C)CC3)c2c1. The summed E-state index contributed by atoms with van der Waals surface area (Å²) < 4.78 is 7.47. The van der Waals surface area contributed by atoms with Crippen LogP contribution < -0.4 is 4.74 Å². The summed E-state index contributed by atoms with van der Waals surface area (Å²) in [6.45, 7) is 5.54. The Morgan fingerprint density at radius 1 is 1.12 bits per heavy atom. The van der Waals surface area contributed by atoms with Crippen LogP contribution in [0.5, 0.6) is 5.75 Å². The molecule has 0 bridgehead atoms. The van der Waals surface area contributed by atoms with Gasteiger partial charge in [0.1, 0.15) is 11.6 Å².